The number of nitrogens with two attached hydrogens (primary N) is 1. The fourth-order valence-corrected chi connectivity index (χ4v) is 1.19. The minimum Gasteiger partial charge on any atom is -0.396 e. The minimum absolute atomic E-state index is 0.152. The van der Waals surface area contributed by atoms with Gasteiger partial charge in [-0.05, 0) is 24.1 Å². The van der Waals surface area contributed by atoms with Crippen molar-refractivity contribution in [2.75, 3.05) is 5.73 Å². The molecule has 3 heteroatoms. The van der Waals surface area contributed by atoms with E-state index in [0.717, 1.165) is 0 Å². The van der Waals surface area contributed by atoms with Crippen LogP contribution in [-0.4, -0.2) is 0 Å². The second-order valence-electron chi connectivity index (χ2n) is 2.45. The molecule has 0 bridgehead atoms. The summed E-state index contributed by atoms with van der Waals surface area (Å²) in [5.41, 5.74) is 6.28. The Bertz CT molecular complexity index is 310. The smallest absolute Gasteiger partial charge is 0.147 e. The summed E-state index contributed by atoms with van der Waals surface area (Å²) in [6.45, 7) is 3.54. The minimum atomic E-state index is -0.473. The average Bonchev–Trinajstić information content (AvgIpc) is 2.00. The molecule has 12 heavy (non-hydrogen) atoms. The van der Waals surface area contributed by atoms with Gasteiger partial charge in [-0.25, -0.2) is 4.39 Å². The van der Waals surface area contributed by atoms with E-state index in [-0.39, 0.29) is 5.69 Å². The van der Waals surface area contributed by atoms with Gasteiger partial charge in [0.25, 0.3) is 0 Å². The normalized spacial score (nSPS) is 9.83. The monoisotopic (exact) mass is 185 g/mol. The first kappa shape index (κ1) is 9.07. The molecule has 0 aliphatic carbocycles. The van der Waals surface area contributed by atoms with Crippen LogP contribution in [0.5, 0.6) is 0 Å². The van der Waals surface area contributed by atoms with Crippen LogP contribution < -0.4 is 5.73 Å². The maximum Gasteiger partial charge on any atom is 0.147 e. The molecule has 0 aromatic heterocycles. The van der Waals surface area contributed by atoms with E-state index in [4.69, 9.17) is 17.3 Å². The van der Waals surface area contributed by atoms with E-state index in [1.54, 1.807) is 12.1 Å². The molecule has 0 spiro atoms. The van der Waals surface area contributed by atoms with Gasteiger partial charge in [-0.3, -0.25) is 0 Å². The van der Waals surface area contributed by atoms with Crippen LogP contribution >= 0.6 is 11.6 Å². The van der Waals surface area contributed by atoms with Crippen molar-refractivity contribution >= 4 is 17.3 Å². The molecule has 0 fully saturated rings. The van der Waals surface area contributed by atoms with E-state index in [2.05, 4.69) is 6.58 Å². The summed E-state index contributed by atoms with van der Waals surface area (Å²) < 4.78 is 12.9. The summed E-state index contributed by atoms with van der Waals surface area (Å²) in [6, 6.07) is 2.84. The van der Waals surface area contributed by atoms with Gasteiger partial charge in [0.1, 0.15) is 5.82 Å². The Morgan fingerprint density at radius 1 is 1.58 bits per heavy atom. The molecule has 1 aromatic carbocycles. The number of hydrogen-bond donors (Lipinski definition) is 1. The summed E-state index contributed by atoms with van der Waals surface area (Å²) in [5, 5.41) is 0.360. The predicted molar refractivity (Wildman–Crippen MR) is 49.7 cm³/mol. The van der Waals surface area contributed by atoms with Crippen LogP contribution in [0.15, 0.2) is 24.8 Å². The van der Waals surface area contributed by atoms with Crippen molar-refractivity contribution in [2.45, 2.75) is 6.42 Å². The van der Waals surface area contributed by atoms with Crippen molar-refractivity contribution in [1.82, 2.24) is 0 Å². The zero-order valence-electron chi connectivity index (χ0n) is 6.48. The Balaban J connectivity index is 3.17. The third-order valence-corrected chi connectivity index (χ3v) is 1.76. The topological polar surface area (TPSA) is 26.0 Å². The maximum atomic E-state index is 12.9. The molecule has 2 N–H and O–H groups in total. The van der Waals surface area contributed by atoms with Gasteiger partial charge in [-0.2, -0.15) is 0 Å². The van der Waals surface area contributed by atoms with Crippen LogP contribution in [0.1, 0.15) is 5.56 Å². The Morgan fingerprint density at radius 2 is 2.25 bits per heavy atom. The highest BCUT2D eigenvalue weighted by Gasteiger charge is 2.04. The zero-order chi connectivity index (χ0) is 9.14. The Hall–Kier alpha value is -1.02. The molecule has 1 nitrogen and oxygen atoms in total. The molecular formula is C9H9ClFN. The molecule has 0 heterocycles. The highest BCUT2D eigenvalue weighted by molar-refractivity contribution is 6.30. The second kappa shape index (κ2) is 3.59. The third kappa shape index (κ3) is 1.77. The number of halogens is 2. The van der Waals surface area contributed by atoms with E-state index < -0.39 is 5.82 Å². The molecule has 0 radical (unpaired) electrons. The molecule has 1 aromatic rings. The van der Waals surface area contributed by atoms with E-state index in [1.165, 1.54) is 6.07 Å². The molecule has 0 amide bonds. The van der Waals surface area contributed by atoms with Gasteiger partial charge in [-0.15, -0.1) is 6.58 Å². The largest absolute Gasteiger partial charge is 0.396 e. The molecule has 64 valence electrons. The van der Waals surface area contributed by atoms with E-state index in [9.17, 15) is 4.39 Å². The third-order valence-electron chi connectivity index (χ3n) is 1.54. The first-order valence-corrected chi connectivity index (χ1v) is 3.87. The summed E-state index contributed by atoms with van der Waals surface area (Å²) in [5.74, 6) is -0.473. The first-order chi connectivity index (χ1) is 5.65. The number of nitrogen functional groups attached to an aromatic ring is 1. The highest BCUT2D eigenvalue weighted by atomic mass is 35.5. The number of anilines is 1. The van der Waals surface area contributed by atoms with E-state index >= 15 is 0 Å². The average molecular weight is 186 g/mol. The van der Waals surface area contributed by atoms with Gasteiger partial charge in [-0.1, -0.05) is 17.7 Å². The first-order valence-electron chi connectivity index (χ1n) is 3.49. The van der Waals surface area contributed by atoms with Crippen LogP contribution in [0.4, 0.5) is 10.1 Å². The molecular weight excluding hydrogens is 177 g/mol. The standard InChI is InChI=1S/C9H9ClFN/c1-2-3-6-4-7(10)5-8(11)9(6)12/h2,4-5H,1,3,12H2. The van der Waals surface area contributed by atoms with Gasteiger partial charge in [0.05, 0.1) is 5.69 Å². The number of rotatable bonds is 2. The molecule has 0 saturated heterocycles. The van der Waals surface area contributed by atoms with Crippen LogP contribution in [0.2, 0.25) is 5.02 Å². The zero-order valence-corrected chi connectivity index (χ0v) is 7.24. The lowest BCUT2D eigenvalue weighted by atomic mass is 10.1. The molecule has 0 unspecified atom stereocenters. The van der Waals surface area contributed by atoms with Crippen LogP contribution in [-0.2, 0) is 6.42 Å². The van der Waals surface area contributed by atoms with Gasteiger partial charge >= 0.3 is 0 Å². The molecule has 1 rings (SSSR count). The van der Waals surface area contributed by atoms with Crippen molar-refractivity contribution < 1.29 is 4.39 Å². The number of benzene rings is 1. The van der Waals surface area contributed by atoms with Crippen molar-refractivity contribution in [1.29, 1.82) is 0 Å². The van der Waals surface area contributed by atoms with Crippen molar-refractivity contribution in [3.63, 3.8) is 0 Å². The Morgan fingerprint density at radius 3 is 2.83 bits per heavy atom. The van der Waals surface area contributed by atoms with Gasteiger partial charge in [0.15, 0.2) is 0 Å². The van der Waals surface area contributed by atoms with Crippen LogP contribution in [0.3, 0.4) is 0 Å². The fraction of sp³-hybridized carbons (Fsp3) is 0.111. The summed E-state index contributed by atoms with van der Waals surface area (Å²) in [6.07, 6.45) is 2.19. The van der Waals surface area contributed by atoms with Crippen molar-refractivity contribution in [3.05, 3.63) is 41.2 Å². The molecule has 0 aliphatic heterocycles. The van der Waals surface area contributed by atoms with Gasteiger partial charge in [0.2, 0.25) is 0 Å². The summed E-state index contributed by atoms with van der Waals surface area (Å²) in [7, 11) is 0. The molecule has 0 atom stereocenters. The predicted octanol–water partition coefficient (Wildman–Crippen LogP) is 2.79. The van der Waals surface area contributed by atoms with Gasteiger partial charge in [0, 0.05) is 5.02 Å². The Labute approximate surface area is 75.6 Å². The molecule has 0 aliphatic rings. The SMILES string of the molecule is C=CCc1cc(Cl)cc(F)c1N. The fourth-order valence-electron chi connectivity index (χ4n) is 0.962. The maximum absolute atomic E-state index is 12.9. The van der Waals surface area contributed by atoms with Crippen LogP contribution in [0.25, 0.3) is 0 Å². The lowest BCUT2D eigenvalue weighted by Crippen LogP contribution is -1.96. The van der Waals surface area contributed by atoms with Crippen molar-refractivity contribution in [2.24, 2.45) is 0 Å². The summed E-state index contributed by atoms with van der Waals surface area (Å²) in [4.78, 5) is 0. The van der Waals surface area contributed by atoms with Crippen molar-refractivity contribution in [3.8, 4) is 0 Å². The quantitative estimate of drug-likeness (QED) is 0.557. The summed E-state index contributed by atoms with van der Waals surface area (Å²) >= 11 is 5.63. The Kier molecular flexibility index (Phi) is 2.71. The van der Waals surface area contributed by atoms with E-state index in [1.807, 2.05) is 0 Å². The lowest BCUT2D eigenvalue weighted by Gasteiger charge is -2.04. The number of allylic oxidation sites excluding steroid dienone is 1. The van der Waals surface area contributed by atoms with Gasteiger partial charge < -0.3 is 5.73 Å². The van der Waals surface area contributed by atoms with E-state index in [0.29, 0.717) is 17.0 Å². The number of hydrogen-bond acceptors (Lipinski definition) is 1. The van der Waals surface area contributed by atoms with Crippen LogP contribution in [0, 0.1) is 5.82 Å². The second-order valence-corrected chi connectivity index (χ2v) is 2.89. The molecule has 0 saturated carbocycles. The highest BCUT2D eigenvalue weighted by Crippen LogP contribution is 2.22. The lowest BCUT2D eigenvalue weighted by molar-refractivity contribution is 0.631.